The Bertz CT molecular complexity index is 1030. The Morgan fingerprint density at radius 1 is 1.18 bits per heavy atom. The summed E-state index contributed by atoms with van der Waals surface area (Å²) in [5, 5.41) is 14.1. The first-order valence-corrected chi connectivity index (χ1v) is 11.6. The number of tetrazole rings is 1. The number of hydrogen-bond acceptors (Lipinski definition) is 7. The van der Waals surface area contributed by atoms with E-state index in [-0.39, 0.29) is 36.2 Å². The maximum Gasteiger partial charge on any atom is 0.252 e. The summed E-state index contributed by atoms with van der Waals surface area (Å²) in [6, 6.07) is 5.75. The first-order chi connectivity index (χ1) is 16.0. The van der Waals surface area contributed by atoms with Crippen LogP contribution in [0.1, 0.15) is 49.4 Å². The van der Waals surface area contributed by atoms with Crippen molar-refractivity contribution in [1.82, 2.24) is 30.4 Å². The summed E-state index contributed by atoms with van der Waals surface area (Å²) >= 11 is 0. The number of nitrogens with one attached hydrogen (secondary N) is 1. The monoisotopic (exact) mass is 452 g/mol. The van der Waals surface area contributed by atoms with E-state index < -0.39 is 12.1 Å². The number of Topliss-reactive ketones (excluding diaryl/α,β-unsaturated/α-hetero) is 1. The van der Waals surface area contributed by atoms with Gasteiger partial charge in [0.05, 0.1) is 11.8 Å². The van der Waals surface area contributed by atoms with E-state index in [9.17, 15) is 14.4 Å². The van der Waals surface area contributed by atoms with Gasteiger partial charge in [-0.25, -0.2) is 4.68 Å². The second-order valence-electron chi connectivity index (χ2n) is 9.36. The molecular formula is C23H28N6O4. The zero-order chi connectivity index (χ0) is 22.9. The van der Waals surface area contributed by atoms with Crippen LogP contribution in [0.3, 0.4) is 0 Å². The minimum atomic E-state index is -0.672. The fourth-order valence-corrected chi connectivity index (χ4v) is 5.31. The van der Waals surface area contributed by atoms with Gasteiger partial charge in [-0.2, -0.15) is 0 Å². The summed E-state index contributed by atoms with van der Waals surface area (Å²) in [5.74, 6) is 0.0957. The lowest BCUT2D eigenvalue weighted by Crippen LogP contribution is -2.55. The fourth-order valence-electron chi connectivity index (χ4n) is 5.31. The number of ketones is 1. The van der Waals surface area contributed by atoms with Gasteiger partial charge >= 0.3 is 0 Å². The van der Waals surface area contributed by atoms with Crippen molar-refractivity contribution in [3.63, 3.8) is 0 Å². The highest BCUT2D eigenvalue weighted by Crippen LogP contribution is 2.34. The molecule has 1 N–H and O–H groups in total. The summed E-state index contributed by atoms with van der Waals surface area (Å²) in [6.45, 7) is 2.75. The number of likely N-dealkylation sites (tertiary alicyclic amines) is 1. The van der Waals surface area contributed by atoms with Crippen molar-refractivity contribution in [2.24, 2.45) is 11.8 Å². The van der Waals surface area contributed by atoms with Gasteiger partial charge in [-0.05, 0) is 59.7 Å². The molecular weight excluding hydrogens is 424 g/mol. The van der Waals surface area contributed by atoms with Crippen molar-refractivity contribution >= 4 is 17.6 Å². The average Bonchev–Trinajstić information content (AvgIpc) is 3.58. The van der Waals surface area contributed by atoms with Crippen LogP contribution in [0, 0.1) is 11.8 Å². The predicted molar refractivity (Wildman–Crippen MR) is 116 cm³/mol. The normalized spacial score (nSPS) is 27.9. The highest BCUT2D eigenvalue weighted by molar-refractivity contribution is 5.99. The first-order valence-electron chi connectivity index (χ1n) is 11.6. The van der Waals surface area contributed by atoms with Crippen molar-refractivity contribution < 1.29 is 19.1 Å². The number of amides is 2. The Balaban J connectivity index is 1.38. The number of carbonyl (C=O) groups excluding carboxylic acids is 3. The summed E-state index contributed by atoms with van der Waals surface area (Å²) in [6.07, 6.45) is 5.66. The molecule has 1 aliphatic carbocycles. The maximum atomic E-state index is 13.7. The molecule has 5 rings (SSSR count). The molecule has 1 aromatic heterocycles. The zero-order valence-electron chi connectivity index (χ0n) is 18.6. The fraction of sp³-hybridized carbons (Fsp3) is 0.565. The molecule has 0 bridgehead atoms. The van der Waals surface area contributed by atoms with E-state index in [0.29, 0.717) is 30.1 Å². The van der Waals surface area contributed by atoms with E-state index >= 15 is 0 Å². The summed E-state index contributed by atoms with van der Waals surface area (Å²) in [7, 11) is 0. The number of rotatable bonds is 5. The molecule has 2 saturated heterocycles. The zero-order valence-corrected chi connectivity index (χ0v) is 18.6. The molecule has 2 amide bonds. The molecule has 10 heteroatoms. The van der Waals surface area contributed by atoms with Gasteiger partial charge in [-0.15, -0.1) is 5.10 Å². The number of benzene rings is 1. The lowest BCUT2D eigenvalue weighted by molar-refractivity contribution is -0.139. The number of nitrogens with zero attached hydrogens (tertiary/aromatic N) is 5. The minimum Gasteiger partial charge on any atom is -0.368 e. The van der Waals surface area contributed by atoms with Gasteiger partial charge in [0.25, 0.3) is 5.91 Å². The van der Waals surface area contributed by atoms with E-state index in [1.807, 2.05) is 0 Å². The molecule has 0 radical (unpaired) electrons. The van der Waals surface area contributed by atoms with Crippen LogP contribution >= 0.6 is 0 Å². The second-order valence-corrected chi connectivity index (χ2v) is 9.36. The van der Waals surface area contributed by atoms with Gasteiger partial charge in [0.15, 0.2) is 5.78 Å². The van der Waals surface area contributed by atoms with Gasteiger partial charge in [0.1, 0.15) is 25.0 Å². The van der Waals surface area contributed by atoms with E-state index in [0.717, 1.165) is 25.7 Å². The minimum absolute atomic E-state index is 0.0387. The van der Waals surface area contributed by atoms with Crippen molar-refractivity contribution in [2.75, 3.05) is 13.2 Å². The number of ether oxygens (including phenoxy) is 1. The quantitative estimate of drug-likeness (QED) is 0.723. The molecule has 3 atom stereocenters. The average molecular weight is 453 g/mol. The van der Waals surface area contributed by atoms with Crippen LogP contribution in [0.5, 0.6) is 0 Å². The molecule has 2 aliphatic heterocycles. The molecule has 33 heavy (non-hydrogen) atoms. The molecule has 174 valence electrons. The molecule has 3 aliphatic rings. The van der Waals surface area contributed by atoms with Crippen molar-refractivity contribution in [3.8, 4) is 5.69 Å². The van der Waals surface area contributed by atoms with E-state index in [4.69, 9.17) is 4.74 Å². The Labute approximate surface area is 191 Å². The van der Waals surface area contributed by atoms with Gasteiger partial charge in [-0.3, -0.25) is 14.4 Å². The third-order valence-corrected chi connectivity index (χ3v) is 7.20. The van der Waals surface area contributed by atoms with Crippen molar-refractivity contribution in [1.29, 1.82) is 0 Å². The van der Waals surface area contributed by atoms with Crippen LogP contribution in [0.4, 0.5) is 0 Å². The summed E-state index contributed by atoms with van der Waals surface area (Å²) < 4.78 is 7.03. The standard InChI is InChI=1S/C23H28N6O4/c1-14-5-7-15(8-6-14)20(23(32)28-10-9-19-21(28)18(30)12-33-19)25-22(31)16-3-2-4-17(11-16)29-13-24-26-27-29/h2-4,11,13-15,19-21H,5-10,12H2,1H3,(H,25,31)/t14-,15-,19-,20?,21-/m1/s1. The SMILES string of the molecule is C[C@H]1CC[C@H](C(NC(=O)c2cccc(-n3cnnn3)c2)C(=O)N2CC[C@H]3OCC(=O)[C@H]32)CC1. The molecule has 1 unspecified atom stereocenters. The highest BCUT2D eigenvalue weighted by atomic mass is 16.5. The Morgan fingerprint density at radius 2 is 2.00 bits per heavy atom. The molecule has 3 fully saturated rings. The third kappa shape index (κ3) is 4.27. The summed E-state index contributed by atoms with van der Waals surface area (Å²) in [5.41, 5.74) is 1.07. The van der Waals surface area contributed by atoms with Crippen LogP contribution in [0.2, 0.25) is 0 Å². The third-order valence-electron chi connectivity index (χ3n) is 7.20. The van der Waals surface area contributed by atoms with E-state index in [1.165, 1.54) is 11.0 Å². The van der Waals surface area contributed by atoms with Gasteiger partial charge < -0.3 is 15.0 Å². The van der Waals surface area contributed by atoms with E-state index in [2.05, 4.69) is 27.8 Å². The van der Waals surface area contributed by atoms with Crippen LogP contribution in [-0.2, 0) is 14.3 Å². The van der Waals surface area contributed by atoms with Crippen LogP contribution in [-0.4, -0.2) is 74.0 Å². The van der Waals surface area contributed by atoms with Gasteiger partial charge in [0, 0.05) is 12.1 Å². The molecule has 3 heterocycles. The molecule has 2 aromatic rings. The molecule has 1 saturated carbocycles. The van der Waals surface area contributed by atoms with Crippen molar-refractivity contribution in [3.05, 3.63) is 36.2 Å². The first kappa shape index (κ1) is 21.7. The topological polar surface area (TPSA) is 119 Å². The summed E-state index contributed by atoms with van der Waals surface area (Å²) in [4.78, 5) is 41.0. The maximum absolute atomic E-state index is 13.7. The number of aromatic nitrogens is 4. The van der Waals surface area contributed by atoms with Crippen LogP contribution < -0.4 is 5.32 Å². The molecule has 1 aromatic carbocycles. The van der Waals surface area contributed by atoms with Crippen molar-refractivity contribution in [2.45, 2.75) is 57.2 Å². The Kier molecular flexibility index (Phi) is 5.92. The number of hydrogen-bond donors (Lipinski definition) is 1. The molecule has 0 spiro atoms. The van der Waals surface area contributed by atoms with Crippen LogP contribution in [0.15, 0.2) is 30.6 Å². The predicted octanol–water partition coefficient (Wildman–Crippen LogP) is 1.16. The number of fused-ring (bicyclic) bond motifs is 1. The lowest BCUT2D eigenvalue weighted by Gasteiger charge is -2.35. The Morgan fingerprint density at radius 3 is 2.76 bits per heavy atom. The number of carbonyl (C=O) groups is 3. The second kappa shape index (κ2) is 9.01. The lowest BCUT2D eigenvalue weighted by atomic mass is 9.78. The Hall–Kier alpha value is -3.14. The van der Waals surface area contributed by atoms with Crippen LogP contribution in [0.25, 0.3) is 5.69 Å². The van der Waals surface area contributed by atoms with Gasteiger partial charge in [0.2, 0.25) is 5.91 Å². The highest BCUT2D eigenvalue weighted by Gasteiger charge is 2.49. The van der Waals surface area contributed by atoms with E-state index in [1.54, 1.807) is 29.2 Å². The smallest absolute Gasteiger partial charge is 0.252 e. The largest absolute Gasteiger partial charge is 0.368 e. The molecule has 10 nitrogen and oxygen atoms in total. The van der Waals surface area contributed by atoms with Gasteiger partial charge in [-0.1, -0.05) is 25.8 Å².